The van der Waals surface area contributed by atoms with Crippen LogP contribution in [-0.4, -0.2) is 90.9 Å². The predicted octanol–water partition coefficient (Wildman–Crippen LogP) is 6.19. The standard InChI is InChI=1S/C45H50FN5O10S/c1-58-30-17-20-37-33(21-30)39-40(61-37)38(23-35(47-39)26-13-15-28(46)16-14-26)59-31-22-36-41(52)49-45(43(54)50-62(56,57)32-18-19-32)24-27(45)9-5-3-2-4-6-12-34(42(53)51(36)25-31)48-44(55)60-29-10-7-8-11-29/h5,9,13-17,20-21,23,27,29,31-32,34,36H,2-4,6-8,10-12,18-19,22,24-25H2,1H3,(H,48,55)(H,49,52)(H,50,54)/t27-,31-,34+,36+,45-/m1/s1. The highest BCUT2D eigenvalue weighted by Gasteiger charge is 2.62. The summed E-state index contributed by atoms with van der Waals surface area (Å²) in [7, 11) is -2.39. The fourth-order valence-corrected chi connectivity index (χ4v) is 10.4. The van der Waals surface area contributed by atoms with Crippen molar-refractivity contribution in [3.63, 3.8) is 0 Å². The molecule has 4 aromatic rings. The number of pyridine rings is 1. The molecule has 9 rings (SSSR count). The first-order chi connectivity index (χ1) is 29.9. The van der Waals surface area contributed by atoms with Gasteiger partial charge in [-0.15, -0.1) is 0 Å². The first-order valence-corrected chi connectivity index (χ1v) is 23.1. The molecule has 0 spiro atoms. The third-order valence-electron chi connectivity index (χ3n) is 12.7. The third kappa shape index (κ3) is 8.55. The van der Waals surface area contributed by atoms with Gasteiger partial charge >= 0.3 is 6.09 Å². The molecule has 2 aromatic carbocycles. The van der Waals surface area contributed by atoms with Crippen molar-refractivity contribution in [3.8, 4) is 22.8 Å². The van der Waals surface area contributed by atoms with Gasteiger partial charge in [0.15, 0.2) is 11.3 Å². The monoisotopic (exact) mass is 871 g/mol. The minimum absolute atomic E-state index is 0.0286. The normalized spacial score (nSPS) is 25.9. The van der Waals surface area contributed by atoms with Gasteiger partial charge in [-0.1, -0.05) is 25.0 Å². The lowest BCUT2D eigenvalue weighted by molar-refractivity contribution is -0.141. The number of hydrogen-bond acceptors (Lipinski definition) is 11. The van der Waals surface area contributed by atoms with Crippen LogP contribution in [0.2, 0.25) is 0 Å². The molecule has 4 fully saturated rings. The molecule has 3 N–H and O–H groups in total. The van der Waals surface area contributed by atoms with Crippen molar-refractivity contribution >= 4 is 55.9 Å². The lowest BCUT2D eigenvalue weighted by atomic mass is 10.0. The predicted molar refractivity (Wildman–Crippen MR) is 225 cm³/mol. The lowest BCUT2D eigenvalue weighted by Crippen LogP contribution is -2.58. The summed E-state index contributed by atoms with van der Waals surface area (Å²) in [6.45, 7) is -0.0882. The summed E-state index contributed by atoms with van der Waals surface area (Å²) in [5, 5.41) is 5.69. The van der Waals surface area contributed by atoms with Gasteiger partial charge < -0.3 is 34.2 Å². The second-order valence-corrected chi connectivity index (χ2v) is 19.1. The zero-order valence-corrected chi connectivity index (χ0v) is 35.2. The highest BCUT2D eigenvalue weighted by molar-refractivity contribution is 7.91. The number of sulfonamides is 1. The number of ether oxygens (including phenoxy) is 3. The molecule has 17 heteroatoms. The van der Waals surface area contributed by atoms with Crippen molar-refractivity contribution in [1.29, 1.82) is 0 Å². The number of benzene rings is 2. The molecule has 4 amide bonds. The van der Waals surface area contributed by atoms with Gasteiger partial charge in [0.25, 0.3) is 5.91 Å². The van der Waals surface area contributed by atoms with E-state index < -0.39 is 74.5 Å². The van der Waals surface area contributed by atoms with E-state index in [1.165, 1.54) is 17.0 Å². The van der Waals surface area contributed by atoms with Gasteiger partial charge in [-0.3, -0.25) is 19.1 Å². The number of furan rings is 1. The SMILES string of the molecule is COc1ccc2oc3c(O[C@@H]4C[C@H]5C(=O)N[C@]6(C(=O)NS(=O)(=O)C7CC7)C[C@H]6C=CCCCCC[C@H](NC(=O)OC6CCCC6)C(=O)N5C4)cc(-c4ccc(F)cc4)nc3c2c1. The molecule has 0 radical (unpaired) electrons. The van der Waals surface area contributed by atoms with Gasteiger partial charge in [0.05, 0.1) is 30.0 Å². The second kappa shape index (κ2) is 16.9. The molecular weight excluding hydrogens is 822 g/mol. The average Bonchev–Trinajstić information content (AvgIpc) is 4.07. The molecule has 5 aliphatic rings. The van der Waals surface area contributed by atoms with E-state index in [1.54, 1.807) is 43.5 Å². The summed E-state index contributed by atoms with van der Waals surface area (Å²) in [5.41, 5.74) is 0.747. The van der Waals surface area contributed by atoms with Gasteiger partial charge in [0.2, 0.25) is 21.8 Å². The number of amides is 4. The van der Waals surface area contributed by atoms with Gasteiger partial charge in [0, 0.05) is 24.0 Å². The maximum atomic E-state index is 14.8. The molecule has 2 aliphatic heterocycles. The van der Waals surface area contributed by atoms with E-state index >= 15 is 0 Å². The quantitative estimate of drug-likeness (QED) is 0.163. The van der Waals surface area contributed by atoms with Crippen LogP contribution < -0.4 is 24.8 Å². The topological polar surface area (TPSA) is 195 Å². The lowest BCUT2D eigenvalue weighted by Gasteiger charge is -2.30. The summed E-state index contributed by atoms with van der Waals surface area (Å²) in [6.07, 6.45) is 9.57. The van der Waals surface area contributed by atoms with Crippen LogP contribution >= 0.6 is 0 Å². The van der Waals surface area contributed by atoms with Gasteiger partial charge in [-0.05, 0) is 107 Å². The van der Waals surface area contributed by atoms with Gasteiger partial charge in [0.1, 0.15) is 52.5 Å². The third-order valence-corrected chi connectivity index (χ3v) is 14.6. The minimum atomic E-state index is -3.94. The van der Waals surface area contributed by atoms with Crippen LogP contribution in [0.4, 0.5) is 9.18 Å². The largest absolute Gasteiger partial charge is 0.497 e. The Bertz CT molecular complexity index is 2540. The van der Waals surface area contributed by atoms with Gasteiger partial charge in [-0.25, -0.2) is 22.6 Å². The number of alkyl carbamates (subject to hydrolysis) is 1. The Kier molecular flexibility index (Phi) is 11.3. The smallest absolute Gasteiger partial charge is 0.408 e. The number of aromatic nitrogens is 1. The van der Waals surface area contributed by atoms with Crippen molar-refractivity contribution in [2.24, 2.45) is 5.92 Å². The molecule has 0 bridgehead atoms. The number of halogens is 1. The molecule has 3 saturated carbocycles. The zero-order chi connectivity index (χ0) is 43.2. The average molecular weight is 872 g/mol. The highest BCUT2D eigenvalue weighted by atomic mass is 32.2. The van der Waals surface area contributed by atoms with Crippen molar-refractivity contribution in [1.82, 2.24) is 25.2 Å². The molecule has 0 unspecified atom stereocenters. The van der Waals surface area contributed by atoms with E-state index in [9.17, 15) is 32.0 Å². The van der Waals surface area contributed by atoms with Crippen molar-refractivity contribution < 1.29 is 50.6 Å². The first kappa shape index (κ1) is 41.6. The molecular formula is C45H50FN5O10S. The van der Waals surface area contributed by atoms with E-state index in [0.29, 0.717) is 71.2 Å². The molecule has 5 atom stereocenters. The van der Waals surface area contributed by atoms with Crippen LogP contribution in [0.1, 0.15) is 83.5 Å². The Morgan fingerprint density at radius 1 is 0.968 bits per heavy atom. The van der Waals surface area contributed by atoms with Crippen molar-refractivity contribution in [2.75, 3.05) is 13.7 Å². The number of allylic oxidation sites excluding steroid dienone is 1. The maximum absolute atomic E-state index is 14.8. The Balaban J connectivity index is 1.06. The van der Waals surface area contributed by atoms with E-state index in [0.717, 1.165) is 38.5 Å². The van der Waals surface area contributed by atoms with E-state index in [4.69, 9.17) is 23.6 Å². The molecule has 4 heterocycles. The Morgan fingerprint density at radius 2 is 1.74 bits per heavy atom. The molecule has 15 nitrogen and oxygen atoms in total. The van der Waals surface area contributed by atoms with Crippen LogP contribution in [-0.2, 0) is 29.1 Å². The number of carbonyl (C=O) groups excluding carboxylic acids is 4. The summed E-state index contributed by atoms with van der Waals surface area (Å²) in [6, 6.07) is 10.6. The van der Waals surface area contributed by atoms with Crippen LogP contribution in [0.25, 0.3) is 33.3 Å². The Morgan fingerprint density at radius 3 is 2.50 bits per heavy atom. The van der Waals surface area contributed by atoms with E-state index in [-0.39, 0.29) is 31.2 Å². The minimum Gasteiger partial charge on any atom is -0.497 e. The number of fused-ring (bicyclic) bond motifs is 5. The van der Waals surface area contributed by atoms with Gasteiger partial charge in [-0.2, -0.15) is 0 Å². The zero-order valence-electron chi connectivity index (χ0n) is 34.4. The fraction of sp³-hybridized carbons (Fsp3) is 0.489. The van der Waals surface area contributed by atoms with Crippen LogP contribution in [0, 0.1) is 11.7 Å². The van der Waals surface area contributed by atoms with Crippen LogP contribution in [0.5, 0.6) is 11.5 Å². The number of nitrogens with one attached hydrogen (secondary N) is 3. The van der Waals surface area contributed by atoms with E-state index in [2.05, 4.69) is 15.4 Å². The molecule has 2 aromatic heterocycles. The second-order valence-electron chi connectivity index (χ2n) is 17.2. The van der Waals surface area contributed by atoms with Crippen LogP contribution in [0.3, 0.4) is 0 Å². The molecule has 62 heavy (non-hydrogen) atoms. The van der Waals surface area contributed by atoms with Crippen LogP contribution in [0.15, 0.2) is 65.1 Å². The maximum Gasteiger partial charge on any atom is 0.408 e. The summed E-state index contributed by atoms with van der Waals surface area (Å²) >= 11 is 0. The first-order valence-electron chi connectivity index (χ1n) is 21.6. The van der Waals surface area contributed by atoms with Crippen molar-refractivity contribution in [3.05, 3.63) is 66.5 Å². The number of hydrogen-bond donors (Lipinski definition) is 3. The molecule has 328 valence electrons. The summed E-state index contributed by atoms with van der Waals surface area (Å²) in [4.78, 5) is 62.9. The number of rotatable bonds is 9. The van der Waals surface area contributed by atoms with Crippen molar-refractivity contribution in [2.45, 2.75) is 119 Å². The summed E-state index contributed by atoms with van der Waals surface area (Å²) in [5.74, 6) is -2.05. The number of nitrogens with zero attached hydrogens (tertiary/aromatic N) is 2. The molecule has 3 aliphatic carbocycles. The Labute approximate surface area is 358 Å². The fourth-order valence-electron chi connectivity index (χ4n) is 9.03. The van der Waals surface area contributed by atoms with E-state index in [1.807, 2.05) is 12.2 Å². The Hall–Kier alpha value is -5.71. The highest BCUT2D eigenvalue weighted by Crippen LogP contribution is 2.46. The number of carbonyl (C=O) groups is 4. The molecule has 1 saturated heterocycles. The summed E-state index contributed by atoms with van der Waals surface area (Å²) < 4.78 is 66.4. The number of methoxy groups -OCH3 is 1.